The Morgan fingerprint density at radius 2 is 2.27 bits per heavy atom. The number of hydrogen-bond acceptors (Lipinski definition) is 2. The van der Waals surface area contributed by atoms with Crippen molar-refractivity contribution in [2.24, 2.45) is 0 Å². The van der Waals surface area contributed by atoms with E-state index >= 15 is 0 Å². The average Bonchev–Trinajstić information content (AvgIpc) is 2.26. The minimum absolute atomic E-state index is 0.383. The summed E-state index contributed by atoms with van der Waals surface area (Å²) in [7, 11) is 2.46. The van der Waals surface area contributed by atoms with Gasteiger partial charge in [0, 0.05) is 6.54 Å². The molecule has 1 atom stereocenters. The van der Waals surface area contributed by atoms with E-state index < -0.39 is 0 Å². The van der Waals surface area contributed by atoms with Crippen LogP contribution in [0.1, 0.15) is 25.0 Å². The summed E-state index contributed by atoms with van der Waals surface area (Å²) in [5.41, 5.74) is 3.25. The lowest BCUT2D eigenvalue weighted by atomic mass is 10.0. The van der Waals surface area contributed by atoms with E-state index in [-0.39, 0.29) is 0 Å². The fourth-order valence-corrected chi connectivity index (χ4v) is 1.54. The summed E-state index contributed by atoms with van der Waals surface area (Å²) >= 11 is 0. The second-order valence-electron chi connectivity index (χ2n) is 3.52. The van der Waals surface area contributed by atoms with Crippen LogP contribution < -0.4 is 5.09 Å². The van der Waals surface area contributed by atoms with Crippen molar-refractivity contribution in [3.8, 4) is 5.75 Å². The van der Waals surface area contributed by atoms with Gasteiger partial charge in [-0.1, -0.05) is 27.6 Å². The van der Waals surface area contributed by atoms with Crippen molar-refractivity contribution in [3.63, 3.8) is 0 Å². The first kappa shape index (κ1) is 12.2. The Morgan fingerprint density at radius 1 is 1.53 bits per heavy atom. The van der Waals surface area contributed by atoms with Gasteiger partial charge in [-0.05, 0) is 43.0 Å². The minimum Gasteiger partial charge on any atom is -0.508 e. The van der Waals surface area contributed by atoms with Crippen LogP contribution in [0.3, 0.4) is 0 Å². The number of allylic oxidation sites excluding steroid dienone is 2. The molecule has 0 heterocycles. The van der Waals surface area contributed by atoms with Gasteiger partial charge in [-0.2, -0.15) is 0 Å². The molecule has 1 aromatic rings. The zero-order valence-electron chi connectivity index (χ0n) is 9.25. The molecule has 0 aromatic heterocycles. The van der Waals surface area contributed by atoms with Gasteiger partial charge in [-0.15, -0.1) is 0 Å². The fraction of sp³-hybridized carbons (Fsp3) is 0.333. The van der Waals surface area contributed by atoms with Gasteiger partial charge in [0.05, 0.1) is 0 Å². The summed E-state index contributed by atoms with van der Waals surface area (Å²) in [5.74, 6) is 0.383. The molecule has 0 bridgehead atoms. The smallest absolute Gasteiger partial charge is 0.119 e. The number of nitrogens with one attached hydrogen (secondary N) is 1. The third-order valence-corrected chi connectivity index (χ3v) is 2.80. The molecule has 1 aromatic carbocycles. The molecule has 15 heavy (non-hydrogen) atoms. The van der Waals surface area contributed by atoms with Crippen LogP contribution in [-0.2, 0) is 6.42 Å². The molecule has 0 spiro atoms. The Kier molecular flexibility index (Phi) is 4.80. The molecule has 0 saturated heterocycles. The van der Waals surface area contributed by atoms with Gasteiger partial charge < -0.3 is 10.2 Å². The van der Waals surface area contributed by atoms with Gasteiger partial charge in [0.2, 0.25) is 0 Å². The van der Waals surface area contributed by atoms with Crippen LogP contribution in [-0.4, -0.2) is 11.7 Å². The molecule has 3 heteroatoms. The normalized spacial score (nSPS) is 11.8. The third-order valence-electron chi connectivity index (χ3n) is 2.51. The molecule has 0 aliphatic carbocycles. The molecule has 0 aliphatic rings. The Labute approximate surface area is 93.7 Å². The predicted octanol–water partition coefficient (Wildman–Crippen LogP) is 2.74. The lowest BCUT2D eigenvalue weighted by Crippen LogP contribution is -2.03. The van der Waals surface area contributed by atoms with Crippen LogP contribution in [0.25, 0.3) is 5.57 Å². The summed E-state index contributed by atoms with van der Waals surface area (Å²) in [6, 6.07) is 5.86. The number of hydrogen-bond donors (Lipinski definition) is 2. The third kappa shape index (κ3) is 3.33. The Morgan fingerprint density at radius 3 is 2.80 bits per heavy atom. The first-order valence-electron chi connectivity index (χ1n) is 5.07. The quantitative estimate of drug-likeness (QED) is 0.769. The molecule has 82 valence electrons. The van der Waals surface area contributed by atoms with E-state index in [0.717, 1.165) is 24.1 Å². The highest BCUT2D eigenvalue weighted by molar-refractivity contribution is 7.13. The van der Waals surface area contributed by atoms with E-state index in [1.807, 2.05) is 38.1 Å². The van der Waals surface area contributed by atoms with Crippen molar-refractivity contribution >= 4 is 15.0 Å². The summed E-state index contributed by atoms with van der Waals surface area (Å²) < 4.78 is 0. The maximum absolute atomic E-state index is 9.80. The number of phenols is 1. The number of rotatable bonds is 4. The monoisotopic (exact) mass is 223 g/mol. The summed E-state index contributed by atoms with van der Waals surface area (Å²) in [6.45, 7) is 4.89. The van der Waals surface area contributed by atoms with Gasteiger partial charge >= 0.3 is 0 Å². The van der Waals surface area contributed by atoms with Crippen LogP contribution in [0.4, 0.5) is 0 Å². The number of phenolic OH excluding ortho intramolecular Hbond substituents is 1. The maximum atomic E-state index is 9.80. The average molecular weight is 223 g/mol. The lowest BCUT2D eigenvalue weighted by Gasteiger charge is -2.07. The maximum Gasteiger partial charge on any atom is 0.119 e. The van der Waals surface area contributed by atoms with Gasteiger partial charge in [0.15, 0.2) is 0 Å². The van der Waals surface area contributed by atoms with Crippen LogP contribution in [0, 0.1) is 0 Å². The van der Waals surface area contributed by atoms with Crippen molar-refractivity contribution in [1.29, 1.82) is 0 Å². The van der Waals surface area contributed by atoms with E-state index in [0.29, 0.717) is 5.75 Å². The van der Waals surface area contributed by atoms with E-state index in [1.165, 1.54) is 5.57 Å². The molecular weight excluding hydrogens is 205 g/mol. The largest absolute Gasteiger partial charge is 0.508 e. The zero-order chi connectivity index (χ0) is 11.3. The summed E-state index contributed by atoms with van der Waals surface area (Å²) in [4.78, 5) is 0. The van der Waals surface area contributed by atoms with Crippen LogP contribution in [0.15, 0.2) is 24.3 Å². The molecule has 1 unspecified atom stereocenters. The molecule has 0 saturated carbocycles. The molecule has 0 fully saturated rings. The number of benzene rings is 1. The molecule has 0 amide bonds. The van der Waals surface area contributed by atoms with Gasteiger partial charge in [0.25, 0.3) is 0 Å². The molecule has 0 radical (unpaired) electrons. The molecule has 0 aliphatic heterocycles. The van der Waals surface area contributed by atoms with Gasteiger partial charge in [-0.25, -0.2) is 0 Å². The second kappa shape index (κ2) is 5.89. The summed E-state index contributed by atoms with van der Waals surface area (Å²) in [6.07, 6.45) is 2.88. The van der Waals surface area contributed by atoms with Gasteiger partial charge in [-0.3, -0.25) is 0 Å². The first-order chi connectivity index (χ1) is 7.19. The van der Waals surface area contributed by atoms with Crippen LogP contribution in [0.5, 0.6) is 5.75 Å². The van der Waals surface area contributed by atoms with Crippen molar-refractivity contribution in [3.05, 3.63) is 35.4 Å². The van der Waals surface area contributed by atoms with E-state index in [9.17, 15) is 5.11 Å². The Bertz CT molecular complexity index is 361. The van der Waals surface area contributed by atoms with E-state index in [4.69, 9.17) is 0 Å². The fourth-order valence-electron chi connectivity index (χ4n) is 1.39. The molecule has 2 nitrogen and oxygen atoms in total. The summed E-state index contributed by atoms with van der Waals surface area (Å²) in [5, 5.41) is 12.8. The highest BCUT2D eigenvalue weighted by Crippen LogP contribution is 2.23. The first-order valence-corrected chi connectivity index (χ1v) is 5.65. The minimum atomic E-state index is 0.383. The van der Waals surface area contributed by atoms with Crippen LogP contribution >= 0.6 is 9.39 Å². The second-order valence-corrected chi connectivity index (χ2v) is 3.93. The van der Waals surface area contributed by atoms with E-state index in [2.05, 4.69) is 14.5 Å². The topological polar surface area (TPSA) is 32.3 Å². The van der Waals surface area contributed by atoms with Crippen molar-refractivity contribution in [1.82, 2.24) is 5.09 Å². The van der Waals surface area contributed by atoms with E-state index in [1.54, 1.807) is 0 Å². The standard InChI is InChI=1S/C12H18NOP/c1-3-9(2)11-5-4-10(6-7-13-15)12(14)8-11/h3-5,8,13-14H,6-7,15H2,1-2H3/b9-3+. The Balaban J connectivity index is 2.88. The van der Waals surface area contributed by atoms with Gasteiger partial charge in [0.1, 0.15) is 5.75 Å². The van der Waals surface area contributed by atoms with Crippen LogP contribution in [0.2, 0.25) is 0 Å². The molecule has 2 N–H and O–H groups in total. The molecular formula is C12H18NOP. The van der Waals surface area contributed by atoms with Crippen molar-refractivity contribution < 1.29 is 5.11 Å². The number of aromatic hydroxyl groups is 1. The molecule has 1 rings (SSSR count). The highest BCUT2D eigenvalue weighted by atomic mass is 31.0. The predicted molar refractivity (Wildman–Crippen MR) is 68.8 cm³/mol. The Hall–Kier alpha value is -0.850. The highest BCUT2D eigenvalue weighted by Gasteiger charge is 2.02. The SMILES string of the molecule is C/C=C(\C)c1ccc(CCNP)c(O)c1. The zero-order valence-corrected chi connectivity index (χ0v) is 10.4. The van der Waals surface area contributed by atoms with Crippen molar-refractivity contribution in [2.75, 3.05) is 6.54 Å². The lowest BCUT2D eigenvalue weighted by molar-refractivity contribution is 0.468. The van der Waals surface area contributed by atoms with Crippen molar-refractivity contribution in [2.45, 2.75) is 20.3 Å².